The van der Waals surface area contributed by atoms with Crippen molar-refractivity contribution in [2.45, 2.75) is 5.75 Å². The lowest BCUT2D eigenvalue weighted by molar-refractivity contribution is -0.113. The summed E-state index contributed by atoms with van der Waals surface area (Å²) in [5.74, 6) is 1.11. The summed E-state index contributed by atoms with van der Waals surface area (Å²) in [6.07, 6.45) is 0. The Hall–Kier alpha value is -1.77. The maximum Gasteiger partial charge on any atom is 0.234 e. The molecule has 0 fully saturated rings. The number of nitrogens with zero attached hydrogens (tertiary/aromatic N) is 1. The Morgan fingerprint density at radius 1 is 1.19 bits per heavy atom. The van der Waals surface area contributed by atoms with Crippen molar-refractivity contribution in [3.05, 3.63) is 64.1 Å². The summed E-state index contributed by atoms with van der Waals surface area (Å²) in [7, 11) is 0. The lowest BCUT2D eigenvalue weighted by atomic mass is 10.2. The summed E-state index contributed by atoms with van der Waals surface area (Å²) >= 11 is 4.94. The lowest BCUT2D eigenvalue weighted by Crippen LogP contribution is -2.14. The molecule has 0 aliphatic carbocycles. The predicted molar refractivity (Wildman–Crippen MR) is 90.1 cm³/mol. The van der Waals surface area contributed by atoms with Gasteiger partial charge in [-0.25, -0.2) is 0 Å². The second-order valence-corrected chi connectivity index (χ2v) is 6.17. The van der Waals surface area contributed by atoms with Crippen LogP contribution < -0.4 is 5.32 Å². The fourth-order valence-corrected chi connectivity index (χ4v) is 2.86. The van der Waals surface area contributed by atoms with Crippen molar-refractivity contribution in [2.75, 3.05) is 11.1 Å². The minimum absolute atomic E-state index is 0.0273. The van der Waals surface area contributed by atoms with E-state index < -0.39 is 0 Å². The zero-order chi connectivity index (χ0) is 15.1. The standard InChI is InChI=1S/C16H13BrN2OS/c17-14-3-1-2-4-15(14)19-16(20)11-21-10-13-7-5-12(9-18)6-8-13/h1-8H,10-11H2,(H,19,20). The van der Waals surface area contributed by atoms with Crippen LogP contribution in [0, 0.1) is 11.3 Å². The van der Waals surface area contributed by atoms with Gasteiger partial charge in [-0.15, -0.1) is 11.8 Å². The molecule has 0 spiro atoms. The molecule has 1 N–H and O–H groups in total. The third kappa shape index (κ3) is 4.92. The number of thioether (sulfide) groups is 1. The Morgan fingerprint density at radius 3 is 2.57 bits per heavy atom. The number of amides is 1. The van der Waals surface area contributed by atoms with E-state index in [0.29, 0.717) is 11.3 Å². The first-order chi connectivity index (χ1) is 10.2. The van der Waals surface area contributed by atoms with Crippen LogP contribution in [0.1, 0.15) is 11.1 Å². The minimum Gasteiger partial charge on any atom is -0.324 e. The molecule has 0 bridgehead atoms. The Morgan fingerprint density at radius 2 is 1.90 bits per heavy atom. The number of hydrogen-bond acceptors (Lipinski definition) is 3. The Labute approximate surface area is 136 Å². The van der Waals surface area contributed by atoms with E-state index in [1.165, 1.54) is 0 Å². The predicted octanol–water partition coefficient (Wildman–Crippen LogP) is 4.19. The molecule has 0 unspecified atom stereocenters. The van der Waals surface area contributed by atoms with Crippen molar-refractivity contribution >= 4 is 39.3 Å². The highest BCUT2D eigenvalue weighted by Crippen LogP contribution is 2.21. The largest absolute Gasteiger partial charge is 0.324 e. The van der Waals surface area contributed by atoms with Crippen molar-refractivity contribution in [2.24, 2.45) is 0 Å². The van der Waals surface area contributed by atoms with Crippen molar-refractivity contribution in [1.29, 1.82) is 5.26 Å². The minimum atomic E-state index is -0.0273. The van der Waals surface area contributed by atoms with E-state index in [9.17, 15) is 4.79 Å². The van der Waals surface area contributed by atoms with Gasteiger partial charge in [0.05, 0.1) is 23.1 Å². The third-order valence-electron chi connectivity index (χ3n) is 2.73. The van der Waals surface area contributed by atoms with Gasteiger partial charge in [0.15, 0.2) is 0 Å². The number of nitrogens with one attached hydrogen (secondary N) is 1. The third-order valence-corrected chi connectivity index (χ3v) is 4.43. The van der Waals surface area contributed by atoms with E-state index in [2.05, 4.69) is 27.3 Å². The van der Waals surface area contributed by atoms with Gasteiger partial charge in [-0.2, -0.15) is 5.26 Å². The maximum atomic E-state index is 11.9. The van der Waals surface area contributed by atoms with E-state index in [0.717, 1.165) is 21.5 Å². The maximum absolute atomic E-state index is 11.9. The average molecular weight is 361 g/mol. The van der Waals surface area contributed by atoms with Gasteiger partial charge in [0, 0.05) is 10.2 Å². The Kier molecular flexibility index (Phi) is 5.85. The molecule has 21 heavy (non-hydrogen) atoms. The highest BCUT2D eigenvalue weighted by molar-refractivity contribution is 9.10. The fourth-order valence-electron chi connectivity index (χ4n) is 1.69. The van der Waals surface area contributed by atoms with E-state index in [1.807, 2.05) is 36.4 Å². The fraction of sp³-hybridized carbons (Fsp3) is 0.125. The van der Waals surface area contributed by atoms with E-state index in [-0.39, 0.29) is 5.91 Å². The monoisotopic (exact) mass is 360 g/mol. The Balaban J connectivity index is 1.79. The zero-order valence-corrected chi connectivity index (χ0v) is 13.6. The first-order valence-corrected chi connectivity index (χ1v) is 8.25. The first kappa shape index (κ1) is 15.6. The molecule has 2 rings (SSSR count). The van der Waals surface area contributed by atoms with Crippen LogP contribution in [-0.2, 0) is 10.5 Å². The molecular formula is C16H13BrN2OS. The molecule has 2 aromatic carbocycles. The molecule has 1 amide bonds. The van der Waals surface area contributed by atoms with Gasteiger partial charge in [0.25, 0.3) is 0 Å². The van der Waals surface area contributed by atoms with Gasteiger partial charge in [-0.05, 0) is 45.8 Å². The van der Waals surface area contributed by atoms with Crippen LogP contribution in [0.4, 0.5) is 5.69 Å². The zero-order valence-electron chi connectivity index (χ0n) is 11.2. The summed E-state index contributed by atoms with van der Waals surface area (Å²) in [6, 6.07) is 17.0. The summed E-state index contributed by atoms with van der Waals surface area (Å²) in [4.78, 5) is 11.9. The van der Waals surface area contributed by atoms with Gasteiger partial charge >= 0.3 is 0 Å². The molecule has 0 heterocycles. The molecule has 0 aliphatic heterocycles. The smallest absolute Gasteiger partial charge is 0.234 e. The average Bonchev–Trinajstić information content (AvgIpc) is 2.50. The topological polar surface area (TPSA) is 52.9 Å². The highest BCUT2D eigenvalue weighted by Gasteiger charge is 2.05. The molecule has 0 aromatic heterocycles. The normalized spacial score (nSPS) is 9.90. The molecule has 0 aliphatic rings. The summed E-state index contributed by atoms with van der Waals surface area (Å²) in [5, 5.41) is 11.6. The van der Waals surface area contributed by atoms with E-state index >= 15 is 0 Å². The molecule has 2 aromatic rings. The first-order valence-electron chi connectivity index (χ1n) is 6.30. The number of rotatable bonds is 5. The van der Waals surface area contributed by atoms with Crippen molar-refractivity contribution in [1.82, 2.24) is 0 Å². The second-order valence-electron chi connectivity index (χ2n) is 4.33. The van der Waals surface area contributed by atoms with Gasteiger partial charge in [0.1, 0.15) is 0 Å². The summed E-state index contributed by atoms with van der Waals surface area (Å²) in [5.41, 5.74) is 2.53. The Bertz CT molecular complexity index is 665. The van der Waals surface area contributed by atoms with Crippen LogP contribution in [0.15, 0.2) is 53.0 Å². The number of halogens is 1. The van der Waals surface area contributed by atoms with Crippen LogP contribution >= 0.6 is 27.7 Å². The summed E-state index contributed by atoms with van der Waals surface area (Å²) < 4.78 is 0.871. The quantitative estimate of drug-likeness (QED) is 0.869. The summed E-state index contributed by atoms with van der Waals surface area (Å²) in [6.45, 7) is 0. The number of carbonyl (C=O) groups is 1. The second kappa shape index (κ2) is 7.87. The van der Waals surface area contributed by atoms with E-state index in [4.69, 9.17) is 5.26 Å². The molecule has 106 valence electrons. The van der Waals surface area contributed by atoms with Crippen LogP contribution in [0.3, 0.4) is 0 Å². The van der Waals surface area contributed by atoms with Gasteiger partial charge < -0.3 is 5.32 Å². The number of benzene rings is 2. The number of nitriles is 1. The molecule has 3 nitrogen and oxygen atoms in total. The molecule has 0 radical (unpaired) electrons. The molecular weight excluding hydrogens is 348 g/mol. The number of anilines is 1. The van der Waals surface area contributed by atoms with Crippen LogP contribution in [0.5, 0.6) is 0 Å². The molecule has 5 heteroatoms. The van der Waals surface area contributed by atoms with E-state index in [1.54, 1.807) is 23.9 Å². The molecule has 0 saturated carbocycles. The number of hydrogen-bond donors (Lipinski definition) is 1. The van der Waals surface area contributed by atoms with Gasteiger partial charge in [-0.3, -0.25) is 4.79 Å². The number of carbonyl (C=O) groups excluding carboxylic acids is 1. The molecule has 0 atom stereocenters. The van der Waals surface area contributed by atoms with Crippen molar-refractivity contribution < 1.29 is 4.79 Å². The van der Waals surface area contributed by atoms with Crippen LogP contribution in [0.2, 0.25) is 0 Å². The van der Waals surface area contributed by atoms with Gasteiger partial charge in [0.2, 0.25) is 5.91 Å². The van der Waals surface area contributed by atoms with Crippen LogP contribution in [0.25, 0.3) is 0 Å². The van der Waals surface area contributed by atoms with Crippen molar-refractivity contribution in [3.8, 4) is 6.07 Å². The lowest BCUT2D eigenvalue weighted by Gasteiger charge is -2.07. The SMILES string of the molecule is N#Cc1ccc(CSCC(=O)Nc2ccccc2Br)cc1. The highest BCUT2D eigenvalue weighted by atomic mass is 79.9. The molecule has 0 saturated heterocycles. The van der Waals surface area contributed by atoms with Crippen molar-refractivity contribution in [3.63, 3.8) is 0 Å². The van der Waals surface area contributed by atoms with Crippen LogP contribution in [-0.4, -0.2) is 11.7 Å². The number of para-hydroxylation sites is 1. The van der Waals surface area contributed by atoms with Gasteiger partial charge in [-0.1, -0.05) is 24.3 Å².